The minimum atomic E-state index is -0.654. The summed E-state index contributed by atoms with van der Waals surface area (Å²) < 4.78 is 12.6. The van der Waals surface area contributed by atoms with Crippen LogP contribution < -0.4 is 15.2 Å². The predicted octanol–water partition coefficient (Wildman–Crippen LogP) is 0.899. The Hall–Kier alpha value is -1.72. The average Bonchev–Trinajstić information content (AvgIpc) is 2.91. The van der Waals surface area contributed by atoms with Gasteiger partial charge >= 0.3 is 0 Å². The van der Waals surface area contributed by atoms with Crippen LogP contribution in [0.5, 0.6) is 11.5 Å². The fourth-order valence-electron chi connectivity index (χ4n) is 2.19. The summed E-state index contributed by atoms with van der Waals surface area (Å²) in [5, 5.41) is 10.8. The highest BCUT2D eigenvalue weighted by molar-refractivity contribution is 5.88. The van der Waals surface area contributed by atoms with Crippen LogP contribution in [0.25, 0.3) is 10.9 Å². The lowest BCUT2D eigenvalue weighted by atomic mass is 10.1. The maximum Gasteiger partial charge on any atom is 0.231 e. The summed E-state index contributed by atoms with van der Waals surface area (Å²) in [5.74, 6) is 1.46. The third-order valence-electron chi connectivity index (χ3n) is 3.10. The standard InChI is InChI=1S/C12H14N2O3/c1-14-5-8(10(15)4-13)7-2-11-12(3-9(7)14)17-6-16-11/h2-3,5,10,15H,4,6,13H2,1H3. The molecule has 1 aliphatic rings. The van der Waals surface area contributed by atoms with Crippen LogP contribution >= 0.6 is 0 Å². The second-order valence-electron chi connectivity index (χ2n) is 4.17. The van der Waals surface area contributed by atoms with Crippen molar-refractivity contribution in [1.82, 2.24) is 4.57 Å². The molecule has 90 valence electrons. The Bertz CT molecular complexity index is 577. The van der Waals surface area contributed by atoms with E-state index in [9.17, 15) is 5.11 Å². The quantitative estimate of drug-likeness (QED) is 0.810. The van der Waals surface area contributed by atoms with Crippen molar-refractivity contribution in [1.29, 1.82) is 0 Å². The molecular formula is C12H14N2O3. The smallest absolute Gasteiger partial charge is 0.231 e. The third kappa shape index (κ3) is 1.47. The molecule has 1 aromatic heterocycles. The second-order valence-corrected chi connectivity index (χ2v) is 4.17. The molecule has 0 spiro atoms. The summed E-state index contributed by atoms with van der Waals surface area (Å²) in [6.07, 6.45) is 1.23. The molecule has 0 fully saturated rings. The zero-order valence-corrected chi connectivity index (χ0v) is 9.51. The van der Waals surface area contributed by atoms with Crippen LogP contribution in [0.4, 0.5) is 0 Å². The number of nitrogens with two attached hydrogens (primary N) is 1. The van der Waals surface area contributed by atoms with Crippen LogP contribution in [0, 0.1) is 0 Å². The van der Waals surface area contributed by atoms with E-state index >= 15 is 0 Å². The molecule has 2 heterocycles. The number of aliphatic hydroxyl groups is 1. The lowest BCUT2D eigenvalue weighted by Gasteiger charge is -2.05. The van der Waals surface area contributed by atoms with E-state index in [0.717, 1.165) is 22.2 Å². The van der Waals surface area contributed by atoms with Crippen LogP contribution in [0.3, 0.4) is 0 Å². The third-order valence-corrected chi connectivity index (χ3v) is 3.10. The molecule has 3 rings (SSSR count). The molecule has 2 aromatic rings. The Labute approximate surface area is 98.3 Å². The molecular weight excluding hydrogens is 220 g/mol. The SMILES string of the molecule is Cn1cc(C(O)CN)c2cc3c(cc21)OCO3. The molecule has 0 radical (unpaired) electrons. The first kappa shape index (κ1) is 10.4. The van der Waals surface area contributed by atoms with E-state index in [4.69, 9.17) is 15.2 Å². The number of hydrogen-bond donors (Lipinski definition) is 2. The number of aliphatic hydroxyl groups excluding tert-OH is 1. The second kappa shape index (κ2) is 3.65. The lowest BCUT2D eigenvalue weighted by molar-refractivity contribution is 0.174. The number of rotatable bonds is 2. The van der Waals surface area contributed by atoms with Gasteiger partial charge in [-0.3, -0.25) is 0 Å². The van der Waals surface area contributed by atoms with Gasteiger partial charge in [0.25, 0.3) is 0 Å². The monoisotopic (exact) mass is 234 g/mol. The first-order valence-electron chi connectivity index (χ1n) is 5.47. The van der Waals surface area contributed by atoms with Crippen molar-refractivity contribution in [3.05, 3.63) is 23.9 Å². The Morgan fingerprint density at radius 2 is 2.12 bits per heavy atom. The lowest BCUT2D eigenvalue weighted by Crippen LogP contribution is -2.10. The number of nitrogens with zero attached hydrogens (tertiary/aromatic N) is 1. The minimum absolute atomic E-state index is 0.202. The minimum Gasteiger partial charge on any atom is -0.454 e. The molecule has 5 heteroatoms. The summed E-state index contributed by atoms with van der Waals surface area (Å²) in [4.78, 5) is 0. The highest BCUT2D eigenvalue weighted by Gasteiger charge is 2.19. The van der Waals surface area contributed by atoms with Crippen LogP contribution in [0.2, 0.25) is 0 Å². The zero-order chi connectivity index (χ0) is 12.0. The van der Waals surface area contributed by atoms with Gasteiger partial charge in [-0.1, -0.05) is 0 Å². The van der Waals surface area contributed by atoms with Gasteiger partial charge in [-0.2, -0.15) is 0 Å². The Morgan fingerprint density at radius 1 is 1.41 bits per heavy atom. The molecule has 1 atom stereocenters. The molecule has 1 aromatic carbocycles. The van der Waals surface area contributed by atoms with Gasteiger partial charge in [-0.25, -0.2) is 0 Å². The fraction of sp³-hybridized carbons (Fsp3) is 0.333. The summed E-state index contributed by atoms with van der Waals surface area (Å²) in [5.41, 5.74) is 7.32. The van der Waals surface area contributed by atoms with Crippen molar-refractivity contribution < 1.29 is 14.6 Å². The summed E-state index contributed by atoms with van der Waals surface area (Å²) in [7, 11) is 1.93. The highest BCUT2D eigenvalue weighted by Crippen LogP contribution is 2.38. The van der Waals surface area contributed by atoms with Crippen molar-refractivity contribution >= 4 is 10.9 Å². The van der Waals surface area contributed by atoms with Gasteiger partial charge < -0.3 is 24.9 Å². The first-order chi connectivity index (χ1) is 8.20. The van der Waals surface area contributed by atoms with E-state index in [1.807, 2.05) is 29.9 Å². The molecule has 3 N–H and O–H groups in total. The molecule has 1 aliphatic heterocycles. The molecule has 1 unspecified atom stereocenters. The van der Waals surface area contributed by atoms with Gasteiger partial charge in [0.05, 0.1) is 11.6 Å². The molecule has 17 heavy (non-hydrogen) atoms. The van der Waals surface area contributed by atoms with Crippen molar-refractivity contribution in [3.63, 3.8) is 0 Å². The fourth-order valence-corrected chi connectivity index (χ4v) is 2.19. The normalized spacial score (nSPS) is 15.5. The predicted molar refractivity (Wildman–Crippen MR) is 63.1 cm³/mol. The van der Waals surface area contributed by atoms with Crippen molar-refractivity contribution in [3.8, 4) is 11.5 Å². The maximum absolute atomic E-state index is 9.88. The van der Waals surface area contributed by atoms with E-state index < -0.39 is 6.10 Å². The van der Waals surface area contributed by atoms with Crippen LogP contribution in [0.1, 0.15) is 11.7 Å². The number of benzene rings is 1. The van der Waals surface area contributed by atoms with Gasteiger partial charge in [0.2, 0.25) is 6.79 Å². The highest BCUT2D eigenvalue weighted by atomic mass is 16.7. The number of aromatic nitrogens is 1. The first-order valence-corrected chi connectivity index (χ1v) is 5.47. The van der Waals surface area contributed by atoms with Gasteiger partial charge in [0, 0.05) is 36.8 Å². The largest absolute Gasteiger partial charge is 0.454 e. The van der Waals surface area contributed by atoms with Crippen molar-refractivity contribution in [2.45, 2.75) is 6.10 Å². The van der Waals surface area contributed by atoms with E-state index in [-0.39, 0.29) is 13.3 Å². The van der Waals surface area contributed by atoms with Crippen molar-refractivity contribution in [2.75, 3.05) is 13.3 Å². The molecule has 0 bridgehead atoms. The number of aryl methyl sites for hydroxylation is 1. The summed E-state index contributed by atoms with van der Waals surface area (Å²) in [6, 6.07) is 3.82. The Morgan fingerprint density at radius 3 is 2.82 bits per heavy atom. The van der Waals surface area contributed by atoms with Gasteiger partial charge in [-0.05, 0) is 6.07 Å². The Balaban J connectivity index is 2.25. The van der Waals surface area contributed by atoms with E-state index in [1.54, 1.807) is 0 Å². The molecule has 0 saturated heterocycles. The van der Waals surface area contributed by atoms with E-state index in [2.05, 4.69) is 0 Å². The van der Waals surface area contributed by atoms with Gasteiger partial charge in [-0.15, -0.1) is 0 Å². The van der Waals surface area contributed by atoms with Crippen molar-refractivity contribution in [2.24, 2.45) is 12.8 Å². The Kier molecular flexibility index (Phi) is 2.24. The molecule has 0 aliphatic carbocycles. The summed E-state index contributed by atoms with van der Waals surface area (Å²) >= 11 is 0. The van der Waals surface area contributed by atoms with Gasteiger partial charge in [0.1, 0.15) is 0 Å². The maximum atomic E-state index is 9.88. The molecule has 0 saturated carbocycles. The van der Waals surface area contributed by atoms with Crippen LogP contribution in [0.15, 0.2) is 18.3 Å². The molecule has 5 nitrogen and oxygen atoms in total. The number of fused-ring (bicyclic) bond motifs is 2. The molecule has 0 amide bonds. The van der Waals surface area contributed by atoms with Gasteiger partial charge in [0.15, 0.2) is 11.5 Å². The van der Waals surface area contributed by atoms with Crippen LogP contribution in [-0.4, -0.2) is 23.0 Å². The average molecular weight is 234 g/mol. The zero-order valence-electron chi connectivity index (χ0n) is 9.51. The number of hydrogen-bond acceptors (Lipinski definition) is 4. The number of ether oxygens (including phenoxy) is 2. The van der Waals surface area contributed by atoms with E-state index in [0.29, 0.717) is 5.75 Å². The van der Waals surface area contributed by atoms with E-state index in [1.165, 1.54) is 0 Å². The van der Waals surface area contributed by atoms with Crippen LogP contribution in [-0.2, 0) is 7.05 Å². The summed E-state index contributed by atoms with van der Waals surface area (Å²) in [6.45, 7) is 0.452. The topological polar surface area (TPSA) is 69.6 Å².